The topological polar surface area (TPSA) is 88.8 Å². The van der Waals surface area contributed by atoms with Crippen LogP contribution in [0.2, 0.25) is 0 Å². The Morgan fingerprint density at radius 2 is 1.93 bits per heavy atom. The Hall–Kier alpha value is -2.74. The van der Waals surface area contributed by atoms with Crippen LogP contribution in [0.15, 0.2) is 28.9 Å². The van der Waals surface area contributed by atoms with Crippen LogP contribution in [-0.2, 0) is 27.3 Å². The Bertz CT molecular complexity index is 914. The second-order valence-corrected chi connectivity index (χ2v) is 8.24. The van der Waals surface area contributed by atoms with Crippen LogP contribution in [0.5, 0.6) is 0 Å². The molecule has 8 heteroatoms. The molecule has 5 rings (SSSR count). The number of rotatable bonds is 3. The molecule has 0 spiro atoms. The van der Waals surface area contributed by atoms with Gasteiger partial charge >= 0.3 is 0 Å². The van der Waals surface area contributed by atoms with Crippen molar-refractivity contribution in [1.82, 2.24) is 19.8 Å². The lowest BCUT2D eigenvalue weighted by Crippen LogP contribution is -2.47. The summed E-state index contributed by atoms with van der Waals surface area (Å²) in [5, 5.41) is 0. The lowest BCUT2D eigenvalue weighted by molar-refractivity contribution is -0.146. The number of piperidine rings is 1. The number of amides is 2. The van der Waals surface area contributed by atoms with Crippen LogP contribution in [0.1, 0.15) is 37.1 Å². The molecule has 0 N–H and O–H groups in total. The molecule has 2 saturated heterocycles. The summed E-state index contributed by atoms with van der Waals surface area (Å²) in [5.74, 6) is 1.63. The molecule has 1 atom stereocenters. The molecule has 0 aromatic carbocycles. The lowest BCUT2D eigenvalue weighted by atomic mass is 9.94. The number of nitrogens with zero attached hydrogens (tertiary/aromatic N) is 4. The molecule has 8 nitrogen and oxygen atoms in total. The van der Waals surface area contributed by atoms with Gasteiger partial charge in [0.25, 0.3) is 5.91 Å². The van der Waals surface area contributed by atoms with Gasteiger partial charge in [0.1, 0.15) is 17.6 Å². The largest absolute Gasteiger partial charge is 0.441 e. The molecule has 2 fully saturated rings. The van der Waals surface area contributed by atoms with Crippen molar-refractivity contribution in [1.29, 1.82) is 0 Å². The fraction of sp³-hybridized carbons (Fsp3) is 0.545. The zero-order valence-electron chi connectivity index (χ0n) is 17.0. The number of fused-ring (bicyclic) bond motifs is 1. The van der Waals surface area contributed by atoms with Crippen molar-refractivity contribution in [3.8, 4) is 11.5 Å². The van der Waals surface area contributed by atoms with Crippen molar-refractivity contribution < 1.29 is 18.7 Å². The highest BCUT2D eigenvalue weighted by Crippen LogP contribution is 2.28. The lowest BCUT2D eigenvalue weighted by Gasteiger charge is -2.35. The van der Waals surface area contributed by atoms with Gasteiger partial charge in [-0.05, 0) is 37.8 Å². The van der Waals surface area contributed by atoms with Crippen LogP contribution in [-0.4, -0.2) is 63.9 Å². The standard InChI is InChI=1S/C22H26N4O4/c27-21(15-5-9-25(10-6-15)22(28)19-4-2-12-29-19)26-11-7-18-17(14-26)24-20(30-18)16-3-1-8-23-13-16/h1,3,8,13,15,19H,2,4-7,9-12,14H2. The molecule has 30 heavy (non-hydrogen) atoms. The summed E-state index contributed by atoms with van der Waals surface area (Å²) in [6, 6.07) is 3.77. The summed E-state index contributed by atoms with van der Waals surface area (Å²) in [7, 11) is 0. The monoisotopic (exact) mass is 410 g/mol. The highest BCUT2D eigenvalue weighted by atomic mass is 16.5. The highest BCUT2D eigenvalue weighted by Gasteiger charge is 2.35. The second kappa shape index (κ2) is 8.18. The number of carbonyl (C=O) groups is 2. The molecule has 2 amide bonds. The zero-order valence-corrected chi connectivity index (χ0v) is 17.0. The minimum absolute atomic E-state index is 0.0372. The Morgan fingerprint density at radius 3 is 2.67 bits per heavy atom. The van der Waals surface area contributed by atoms with E-state index in [1.807, 2.05) is 21.9 Å². The molecule has 1 unspecified atom stereocenters. The molecule has 0 aliphatic carbocycles. The average molecular weight is 410 g/mol. The van der Waals surface area contributed by atoms with Crippen molar-refractivity contribution in [3.05, 3.63) is 36.0 Å². The number of aromatic nitrogens is 2. The molecule has 3 aliphatic rings. The number of hydrogen-bond acceptors (Lipinski definition) is 6. The predicted molar refractivity (Wildman–Crippen MR) is 107 cm³/mol. The maximum atomic E-state index is 13.1. The van der Waals surface area contributed by atoms with Crippen molar-refractivity contribution in [3.63, 3.8) is 0 Å². The molecular formula is C22H26N4O4. The molecule has 0 radical (unpaired) electrons. The van der Waals surface area contributed by atoms with Crippen molar-refractivity contribution in [2.45, 2.75) is 44.8 Å². The molecule has 3 aliphatic heterocycles. The van der Waals surface area contributed by atoms with E-state index in [4.69, 9.17) is 9.15 Å². The number of ether oxygens (including phenoxy) is 1. The number of hydrogen-bond donors (Lipinski definition) is 0. The van der Waals surface area contributed by atoms with E-state index in [-0.39, 0.29) is 23.8 Å². The fourth-order valence-corrected chi connectivity index (χ4v) is 4.58. The average Bonchev–Trinajstić information content (AvgIpc) is 3.48. The van der Waals surface area contributed by atoms with Gasteiger partial charge in [0.05, 0.1) is 12.1 Å². The normalized spacial score (nSPS) is 22.2. The predicted octanol–water partition coefficient (Wildman–Crippen LogP) is 2.04. The Labute approximate surface area is 175 Å². The van der Waals surface area contributed by atoms with Crippen molar-refractivity contribution in [2.24, 2.45) is 5.92 Å². The van der Waals surface area contributed by atoms with Gasteiger partial charge in [0.15, 0.2) is 0 Å². The van der Waals surface area contributed by atoms with E-state index in [2.05, 4.69) is 9.97 Å². The van der Waals surface area contributed by atoms with Gasteiger partial charge in [-0.25, -0.2) is 4.98 Å². The summed E-state index contributed by atoms with van der Waals surface area (Å²) in [5.41, 5.74) is 1.67. The first-order chi connectivity index (χ1) is 14.7. The van der Waals surface area contributed by atoms with Crippen LogP contribution in [0.3, 0.4) is 0 Å². The minimum Gasteiger partial charge on any atom is -0.441 e. The molecule has 0 saturated carbocycles. The second-order valence-electron chi connectivity index (χ2n) is 8.24. The summed E-state index contributed by atoms with van der Waals surface area (Å²) >= 11 is 0. The quantitative estimate of drug-likeness (QED) is 0.769. The van der Waals surface area contributed by atoms with Gasteiger partial charge in [-0.15, -0.1) is 0 Å². The third-order valence-corrected chi connectivity index (χ3v) is 6.31. The third kappa shape index (κ3) is 3.71. The van der Waals surface area contributed by atoms with E-state index in [0.717, 1.165) is 29.9 Å². The molecular weight excluding hydrogens is 384 g/mol. The summed E-state index contributed by atoms with van der Waals surface area (Å²) in [6.45, 7) is 3.05. The Morgan fingerprint density at radius 1 is 1.07 bits per heavy atom. The van der Waals surface area contributed by atoms with E-state index in [1.54, 1.807) is 12.4 Å². The van der Waals surface area contributed by atoms with Crippen LogP contribution >= 0.6 is 0 Å². The first kappa shape index (κ1) is 19.2. The van der Waals surface area contributed by atoms with E-state index in [9.17, 15) is 9.59 Å². The summed E-state index contributed by atoms with van der Waals surface area (Å²) in [4.78, 5) is 38.1. The van der Waals surface area contributed by atoms with Crippen molar-refractivity contribution >= 4 is 11.8 Å². The smallest absolute Gasteiger partial charge is 0.251 e. The highest BCUT2D eigenvalue weighted by molar-refractivity contribution is 5.82. The van der Waals surface area contributed by atoms with Gasteiger partial charge in [-0.1, -0.05) is 0 Å². The van der Waals surface area contributed by atoms with E-state index in [0.29, 0.717) is 57.9 Å². The van der Waals surface area contributed by atoms with Crippen LogP contribution in [0, 0.1) is 5.92 Å². The number of likely N-dealkylation sites (tertiary alicyclic amines) is 1. The fourth-order valence-electron chi connectivity index (χ4n) is 4.58. The Balaban J connectivity index is 1.19. The maximum absolute atomic E-state index is 13.1. The first-order valence-electron chi connectivity index (χ1n) is 10.8. The molecule has 5 heterocycles. The van der Waals surface area contributed by atoms with Gasteiger partial charge in [0.2, 0.25) is 11.8 Å². The van der Waals surface area contributed by atoms with Crippen molar-refractivity contribution in [2.75, 3.05) is 26.2 Å². The SMILES string of the molecule is O=C(C1CCN(C(=O)C2CCCO2)CC1)N1CCc2oc(-c3cccnc3)nc2C1. The van der Waals surface area contributed by atoms with Gasteiger partial charge in [-0.2, -0.15) is 0 Å². The van der Waals surface area contributed by atoms with Crippen LogP contribution < -0.4 is 0 Å². The van der Waals surface area contributed by atoms with Gasteiger partial charge < -0.3 is 19.0 Å². The van der Waals surface area contributed by atoms with E-state index < -0.39 is 0 Å². The summed E-state index contributed by atoms with van der Waals surface area (Å²) in [6.07, 6.45) is 7.02. The van der Waals surface area contributed by atoms with E-state index in [1.165, 1.54) is 0 Å². The first-order valence-corrected chi connectivity index (χ1v) is 10.8. The van der Waals surface area contributed by atoms with E-state index >= 15 is 0 Å². The number of oxazole rings is 1. The minimum atomic E-state index is -0.279. The number of pyridine rings is 1. The zero-order chi connectivity index (χ0) is 20.5. The van der Waals surface area contributed by atoms with Gasteiger partial charge in [-0.3, -0.25) is 14.6 Å². The Kier molecular flexibility index (Phi) is 5.25. The van der Waals surface area contributed by atoms with Crippen LogP contribution in [0.4, 0.5) is 0 Å². The number of carbonyl (C=O) groups excluding carboxylic acids is 2. The summed E-state index contributed by atoms with van der Waals surface area (Å²) < 4.78 is 11.4. The molecule has 2 aromatic rings. The maximum Gasteiger partial charge on any atom is 0.251 e. The third-order valence-electron chi connectivity index (χ3n) is 6.31. The van der Waals surface area contributed by atoms with Crippen LogP contribution in [0.25, 0.3) is 11.5 Å². The molecule has 2 aromatic heterocycles. The molecule has 158 valence electrons. The van der Waals surface area contributed by atoms with Gasteiger partial charge in [0, 0.05) is 51.0 Å². The molecule has 0 bridgehead atoms.